The second-order valence-electron chi connectivity index (χ2n) is 3.36. The molecule has 0 aliphatic carbocycles. The minimum absolute atomic E-state index is 0.382. The summed E-state index contributed by atoms with van der Waals surface area (Å²) in [6.45, 7) is 4.16. The number of sulfonamides is 1. The van der Waals surface area contributed by atoms with Crippen molar-refractivity contribution in [2.24, 2.45) is 0 Å². The van der Waals surface area contributed by atoms with E-state index in [-0.39, 0.29) is 0 Å². The van der Waals surface area contributed by atoms with E-state index >= 15 is 0 Å². The van der Waals surface area contributed by atoms with Crippen LogP contribution in [0.3, 0.4) is 0 Å². The maximum absolute atomic E-state index is 11.8. The third kappa shape index (κ3) is 3.42. The average molecular weight is 339 g/mol. The minimum Gasteiger partial charge on any atom is -0.210 e. The standard InChI is InChI=1S/C10H14INO2S/c1-8-3-4-9(2)10(7-8)15(13,14)12-6-5-11/h3-4,7,12H,5-6H2,1-2H3. The lowest BCUT2D eigenvalue weighted by molar-refractivity contribution is 0.583. The minimum atomic E-state index is -3.33. The lowest BCUT2D eigenvalue weighted by Crippen LogP contribution is -2.26. The van der Waals surface area contributed by atoms with Gasteiger partial charge < -0.3 is 0 Å². The van der Waals surface area contributed by atoms with Gasteiger partial charge in [-0.25, -0.2) is 13.1 Å². The number of halogens is 1. The van der Waals surface area contributed by atoms with E-state index in [2.05, 4.69) is 27.3 Å². The number of alkyl halides is 1. The van der Waals surface area contributed by atoms with Crippen LogP contribution < -0.4 is 4.72 Å². The van der Waals surface area contributed by atoms with E-state index in [9.17, 15) is 8.42 Å². The topological polar surface area (TPSA) is 46.2 Å². The summed E-state index contributed by atoms with van der Waals surface area (Å²) >= 11 is 2.14. The number of aryl methyl sites for hydroxylation is 2. The molecule has 0 aromatic heterocycles. The molecule has 15 heavy (non-hydrogen) atoms. The van der Waals surface area contributed by atoms with Crippen molar-refractivity contribution in [3.05, 3.63) is 29.3 Å². The first kappa shape index (κ1) is 12.9. The number of nitrogens with one attached hydrogen (secondary N) is 1. The van der Waals surface area contributed by atoms with Crippen molar-refractivity contribution < 1.29 is 8.42 Å². The predicted octanol–water partition coefficient (Wildman–Crippen LogP) is 2.02. The van der Waals surface area contributed by atoms with Gasteiger partial charge in [-0.05, 0) is 31.0 Å². The zero-order chi connectivity index (χ0) is 11.5. The van der Waals surface area contributed by atoms with Gasteiger partial charge in [0.25, 0.3) is 0 Å². The van der Waals surface area contributed by atoms with E-state index in [4.69, 9.17) is 0 Å². The van der Waals surface area contributed by atoms with E-state index in [0.717, 1.165) is 15.6 Å². The predicted molar refractivity (Wildman–Crippen MR) is 70.0 cm³/mol. The third-order valence-corrected chi connectivity index (χ3v) is 4.16. The Hall–Kier alpha value is -0.140. The Labute approximate surface area is 104 Å². The lowest BCUT2D eigenvalue weighted by Gasteiger charge is -2.08. The van der Waals surface area contributed by atoms with Crippen LogP contribution in [0.5, 0.6) is 0 Å². The molecule has 0 saturated carbocycles. The van der Waals surface area contributed by atoms with Gasteiger partial charge in [0, 0.05) is 11.0 Å². The number of rotatable bonds is 4. The molecule has 0 unspecified atom stereocenters. The van der Waals surface area contributed by atoms with Crippen molar-refractivity contribution in [2.75, 3.05) is 11.0 Å². The molecule has 0 saturated heterocycles. The second kappa shape index (κ2) is 5.27. The van der Waals surface area contributed by atoms with Crippen LogP contribution in [0.25, 0.3) is 0 Å². The maximum atomic E-state index is 11.8. The Morgan fingerprint density at radius 3 is 2.60 bits per heavy atom. The monoisotopic (exact) mass is 339 g/mol. The highest BCUT2D eigenvalue weighted by Crippen LogP contribution is 2.16. The van der Waals surface area contributed by atoms with Crippen molar-refractivity contribution >= 4 is 32.6 Å². The lowest BCUT2D eigenvalue weighted by atomic mass is 10.2. The van der Waals surface area contributed by atoms with Gasteiger partial charge in [-0.2, -0.15) is 0 Å². The molecular formula is C10H14INO2S. The molecule has 0 radical (unpaired) electrons. The molecule has 1 rings (SSSR count). The quantitative estimate of drug-likeness (QED) is 0.674. The first-order valence-corrected chi connectivity index (χ1v) is 7.61. The number of hydrogen-bond donors (Lipinski definition) is 1. The molecule has 0 aliphatic rings. The van der Waals surface area contributed by atoms with Crippen molar-refractivity contribution in [1.82, 2.24) is 4.72 Å². The Balaban J connectivity index is 3.09. The third-order valence-electron chi connectivity index (χ3n) is 2.02. The summed E-state index contributed by atoms with van der Waals surface area (Å²) in [5.74, 6) is 0. The van der Waals surface area contributed by atoms with E-state index < -0.39 is 10.0 Å². The molecule has 0 amide bonds. The SMILES string of the molecule is Cc1ccc(C)c(S(=O)(=O)NCCI)c1. The molecular weight excluding hydrogens is 325 g/mol. The summed E-state index contributed by atoms with van der Waals surface area (Å²) in [5.41, 5.74) is 1.73. The summed E-state index contributed by atoms with van der Waals surface area (Å²) < 4.78 is 27.0. The smallest absolute Gasteiger partial charge is 0.210 e. The number of benzene rings is 1. The maximum Gasteiger partial charge on any atom is 0.240 e. The number of hydrogen-bond acceptors (Lipinski definition) is 2. The molecule has 1 N–H and O–H groups in total. The highest BCUT2D eigenvalue weighted by atomic mass is 127. The fourth-order valence-corrected chi connectivity index (χ4v) is 3.24. The van der Waals surface area contributed by atoms with Gasteiger partial charge in [0.15, 0.2) is 0 Å². The molecule has 3 nitrogen and oxygen atoms in total. The molecule has 0 bridgehead atoms. The van der Waals surface area contributed by atoms with Gasteiger partial charge in [0.2, 0.25) is 10.0 Å². The Bertz CT molecular complexity index is 443. The van der Waals surface area contributed by atoms with Gasteiger partial charge in [0.05, 0.1) is 4.90 Å². The summed E-state index contributed by atoms with van der Waals surface area (Å²) in [5, 5.41) is 0. The van der Waals surface area contributed by atoms with Crippen molar-refractivity contribution in [3.63, 3.8) is 0 Å². The highest BCUT2D eigenvalue weighted by Gasteiger charge is 2.15. The fraction of sp³-hybridized carbons (Fsp3) is 0.400. The Morgan fingerprint density at radius 2 is 2.00 bits per heavy atom. The first-order chi connectivity index (χ1) is 6.97. The summed E-state index contributed by atoms with van der Waals surface area (Å²) in [7, 11) is -3.33. The molecule has 0 aliphatic heterocycles. The first-order valence-electron chi connectivity index (χ1n) is 4.60. The van der Waals surface area contributed by atoms with Crippen LogP contribution in [-0.4, -0.2) is 19.4 Å². The second-order valence-corrected chi connectivity index (χ2v) is 6.17. The van der Waals surface area contributed by atoms with Crippen LogP contribution in [0.2, 0.25) is 0 Å². The average Bonchev–Trinajstić information content (AvgIpc) is 2.18. The Morgan fingerprint density at radius 1 is 1.33 bits per heavy atom. The van der Waals surface area contributed by atoms with Crippen LogP contribution >= 0.6 is 22.6 Å². The summed E-state index contributed by atoms with van der Waals surface area (Å²) in [6, 6.07) is 5.44. The van der Waals surface area contributed by atoms with Crippen LogP contribution in [0, 0.1) is 13.8 Å². The van der Waals surface area contributed by atoms with Gasteiger partial charge in [-0.1, -0.05) is 34.7 Å². The largest absolute Gasteiger partial charge is 0.240 e. The van der Waals surface area contributed by atoms with Crippen molar-refractivity contribution in [3.8, 4) is 0 Å². The van der Waals surface area contributed by atoms with Gasteiger partial charge >= 0.3 is 0 Å². The van der Waals surface area contributed by atoms with Crippen LogP contribution in [0.1, 0.15) is 11.1 Å². The molecule has 0 heterocycles. The molecule has 0 fully saturated rings. The molecule has 1 aromatic carbocycles. The fourth-order valence-electron chi connectivity index (χ4n) is 1.25. The summed E-state index contributed by atoms with van der Waals surface area (Å²) in [6.07, 6.45) is 0. The van der Waals surface area contributed by atoms with E-state index in [1.807, 2.05) is 19.1 Å². The summed E-state index contributed by atoms with van der Waals surface area (Å²) in [4.78, 5) is 0.382. The van der Waals surface area contributed by atoms with E-state index in [0.29, 0.717) is 11.4 Å². The Kier molecular flexibility index (Phi) is 4.54. The molecule has 5 heteroatoms. The van der Waals surface area contributed by atoms with Crippen LogP contribution in [0.15, 0.2) is 23.1 Å². The zero-order valence-electron chi connectivity index (χ0n) is 8.75. The van der Waals surface area contributed by atoms with Gasteiger partial charge in [0.1, 0.15) is 0 Å². The molecule has 0 atom stereocenters. The van der Waals surface area contributed by atoms with Crippen LogP contribution in [-0.2, 0) is 10.0 Å². The molecule has 1 aromatic rings. The van der Waals surface area contributed by atoms with Crippen LogP contribution in [0.4, 0.5) is 0 Å². The van der Waals surface area contributed by atoms with Crippen molar-refractivity contribution in [2.45, 2.75) is 18.7 Å². The van der Waals surface area contributed by atoms with Gasteiger partial charge in [-0.3, -0.25) is 0 Å². The molecule has 84 valence electrons. The van der Waals surface area contributed by atoms with E-state index in [1.54, 1.807) is 13.0 Å². The highest BCUT2D eigenvalue weighted by molar-refractivity contribution is 14.1. The van der Waals surface area contributed by atoms with Crippen molar-refractivity contribution in [1.29, 1.82) is 0 Å². The van der Waals surface area contributed by atoms with E-state index in [1.165, 1.54) is 0 Å². The van der Waals surface area contributed by atoms with Gasteiger partial charge in [-0.15, -0.1) is 0 Å². The zero-order valence-corrected chi connectivity index (χ0v) is 11.7. The normalized spacial score (nSPS) is 11.7. The molecule has 0 spiro atoms.